The highest BCUT2D eigenvalue weighted by molar-refractivity contribution is 6.31. The molecule has 2 aromatic rings. The SMILES string of the molecule is Cc1ccc(C(=O)O)cc1NC(=O)C1(c2ccccc2Cl)CCOCC1. The van der Waals surface area contributed by atoms with E-state index < -0.39 is 11.4 Å². The molecular formula is C20H20ClNO4. The van der Waals surface area contributed by atoms with Crippen LogP contribution in [0.1, 0.15) is 34.3 Å². The minimum absolute atomic E-state index is 0.129. The third-order valence-corrected chi connectivity index (χ3v) is 5.23. The highest BCUT2D eigenvalue weighted by Gasteiger charge is 2.43. The number of amides is 1. The van der Waals surface area contributed by atoms with Crippen molar-refractivity contribution in [1.82, 2.24) is 0 Å². The van der Waals surface area contributed by atoms with E-state index in [-0.39, 0.29) is 11.5 Å². The molecule has 2 aromatic carbocycles. The number of halogens is 1. The highest BCUT2D eigenvalue weighted by Crippen LogP contribution is 2.39. The molecular weight excluding hydrogens is 354 g/mol. The molecule has 0 radical (unpaired) electrons. The average Bonchev–Trinajstić information content (AvgIpc) is 2.64. The number of ether oxygens (including phenoxy) is 1. The highest BCUT2D eigenvalue weighted by atomic mass is 35.5. The van der Waals surface area contributed by atoms with E-state index in [2.05, 4.69) is 5.32 Å². The van der Waals surface area contributed by atoms with Crippen LogP contribution in [0.2, 0.25) is 5.02 Å². The van der Waals surface area contributed by atoms with Gasteiger partial charge in [-0.15, -0.1) is 0 Å². The summed E-state index contributed by atoms with van der Waals surface area (Å²) in [5.74, 6) is -1.23. The molecule has 0 saturated carbocycles. The second-order valence-corrected chi connectivity index (χ2v) is 6.87. The molecule has 0 aromatic heterocycles. The third-order valence-electron chi connectivity index (χ3n) is 4.90. The van der Waals surface area contributed by atoms with Gasteiger partial charge in [0.15, 0.2) is 0 Å². The van der Waals surface area contributed by atoms with Crippen molar-refractivity contribution in [3.63, 3.8) is 0 Å². The van der Waals surface area contributed by atoms with Crippen LogP contribution >= 0.6 is 11.6 Å². The van der Waals surface area contributed by atoms with Gasteiger partial charge in [-0.3, -0.25) is 4.79 Å². The molecule has 0 aliphatic carbocycles. The molecule has 0 unspecified atom stereocenters. The zero-order valence-corrected chi connectivity index (χ0v) is 15.2. The van der Waals surface area contributed by atoms with Crippen LogP contribution in [0.25, 0.3) is 0 Å². The molecule has 1 heterocycles. The number of aryl methyl sites for hydroxylation is 1. The van der Waals surface area contributed by atoms with Crippen LogP contribution in [0.3, 0.4) is 0 Å². The fourth-order valence-electron chi connectivity index (χ4n) is 3.32. The second-order valence-electron chi connectivity index (χ2n) is 6.46. The minimum atomic E-state index is -1.03. The predicted molar refractivity (Wildman–Crippen MR) is 100.0 cm³/mol. The van der Waals surface area contributed by atoms with Gasteiger partial charge in [0.25, 0.3) is 0 Å². The molecule has 6 heteroatoms. The van der Waals surface area contributed by atoms with Gasteiger partial charge in [0, 0.05) is 23.9 Å². The molecule has 0 bridgehead atoms. The largest absolute Gasteiger partial charge is 0.478 e. The maximum Gasteiger partial charge on any atom is 0.335 e. The summed E-state index contributed by atoms with van der Waals surface area (Å²) in [6.07, 6.45) is 1.03. The standard InChI is InChI=1S/C20H20ClNO4/c1-13-6-7-14(18(23)24)12-17(13)22-19(25)20(8-10-26-11-9-20)15-4-2-3-5-16(15)21/h2-7,12H,8-11H2,1H3,(H,22,25)(H,23,24). The molecule has 136 valence electrons. The molecule has 1 amide bonds. The van der Waals surface area contributed by atoms with Crippen molar-refractivity contribution in [2.24, 2.45) is 0 Å². The average molecular weight is 374 g/mol. The molecule has 1 aliphatic rings. The van der Waals surface area contributed by atoms with Gasteiger partial charge in [0.05, 0.1) is 11.0 Å². The lowest BCUT2D eigenvalue weighted by Crippen LogP contribution is -2.45. The van der Waals surface area contributed by atoms with Crippen LogP contribution in [0.15, 0.2) is 42.5 Å². The molecule has 3 rings (SSSR count). The summed E-state index contributed by atoms with van der Waals surface area (Å²) < 4.78 is 5.46. The van der Waals surface area contributed by atoms with Crippen molar-refractivity contribution in [3.05, 3.63) is 64.2 Å². The summed E-state index contributed by atoms with van der Waals surface area (Å²) in [6, 6.07) is 12.0. The fourth-order valence-corrected chi connectivity index (χ4v) is 3.64. The number of benzene rings is 2. The van der Waals surface area contributed by atoms with Gasteiger partial charge >= 0.3 is 5.97 Å². The Bertz CT molecular complexity index is 843. The Kier molecular flexibility index (Phi) is 5.30. The van der Waals surface area contributed by atoms with Crippen LogP contribution < -0.4 is 5.32 Å². The lowest BCUT2D eigenvalue weighted by molar-refractivity contribution is -0.125. The third kappa shape index (κ3) is 3.45. The zero-order chi connectivity index (χ0) is 18.7. The summed E-state index contributed by atoms with van der Waals surface area (Å²) >= 11 is 6.39. The van der Waals surface area contributed by atoms with E-state index in [1.807, 2.05) is 25.1 Å². The quantitative estimate of drug-likeness (QED) is 0.848. The van der Waals surface area contributed by atoms with E-state index in [9.17, 15) is 14.7 Å². The normalized spacial score (nSPS) is 16.1. The number of carboxylic acid groups (broad SMARTS) is 1. The summed E-state index contributed by atoms with van der Waals surface area (Å²) in [4.78, 5) is 24.5. The van der Waals surface area contributed by atoms with Crippen LogP contribution in [0, 0.1) is 6.92 Å². The summed E-state index contributed by atoms with van der Waals surface area (Å²) in [7, 11) is 0. The van der Waals surface area contributed by atoms with Crippen molar-refractivity contribution in [2.75, 3.05) is 18.5 Å². The van der Waals surface area contributed by atoms with E-state index in [4.69, 9.17) is 16.3 Å². The zero-order valence-electron chi connectivity index (χ0n) is 14.4. The number of carbonyl (C=O) groups is 2. The summed E-state index contributed by atoms with van der Waals surface area (Å²) in [5.41, 5.74) is 1.39. The van der Waals surface area contributed by atoms with E-state index >= 15 is 0 Å². The number of aromatic carboxylic acids is 1. The number of rotatable bonds is 4. The van der Waals surface area contributed by atoms with Gasteiger partial charge in [0.2, 0.25) is 5.91 Å². The molecule has 1 aliphatic heterocycles. The van der Waals surface area contributed by atoms with Gasteiger partial charge in [-0.1, -0.05) is 35.9 Å². The number of nitrogens with one attached hydrogen (secondary N) is 1. The Labute approximate surface area is 156 Å². The summed E-state index contributed by atoms with van der Waals surface area (Å²) in [6.45, 7) is 2.76. The predicted octanol–water partition coefficient (Wildman–Crippen LogP) is 4.03. The number of hydrogen-bond acceptors (Lipinski definition) is 3. The summed E-state index contributed by atoms with van der Waals surface area (Å²) in [5, 5.41) is 12.7. The molecule has 1 saturated heterocycles. The number of anilines is 1. The van der Waals surface area contributed by atoms with Crippen LogP contribution in [-0.4, -0.2) is 30.2 Å². The lowest BCUT2D eigenvalue weighted by atomic mass is 9.73. The van der Waals surface area contributed by atoms with E-state index in [1.165, 1.54) is 12.1 Å². The maximum absolute atomic E-state index is 13.3. The van der Waals surface area contributed by atoms with Crippen molar-refractivity contribution < 1.29 is 19.4 Å². The van der Waals surface area contributed by atoms with Crippen LogP contribution in [0.4, 0.5) is 5.69 Å². The van der Waals surface area contributed by atoms with Gasteiger partial charge in [-0.25, -0.2) is 4.79 Å². The number of hydrogen-bond donors (Lipinski definition) is 2. The minimum Gasteiger partial charge on any atom is -0.478 e. The van der Waals surface area contributed by atoms with Gasteiger partial charge in [-0.2, -0.15) is 0 Å². The van der Waals surface area contributed by atoms with Gasteiger partial charge in [0.1, 0.15) is 0 Å². The number of carbonyl (C=O) groups excluding carboxylic acids is 1. The Morgan fingerprint density at radius 1 is 1.15 bits per heavy atom. The first-order valence-electron chi connectivity index (χ1n) is 8.42. The van der Waals surface area contributed by atoms with Crippen LogP contribution in [0.5, 0.6) is 0 Å². The van der Waals surface area contributed by atoms with Crippen molar-refractivity contribution >= 4 is 29.2 Å². The van der Waals surface area contributed by atoms with E-state index in [1.54, 1.807) is 12.1 Å². The topological polar surface area (TPSA) is 75.6 Å². The number of carboxylic acids is 1. The first-order chi connectivity index (χ1) is 12.4. The van der Waals surface area contributed by atoms with Crippen LogP contribution in [-0.2, 0) is 14.9 Å². The first kappa shape index (κ1) is 18.4. The van der Waals surface area contributed by atoms with Crippen molar-refractivity contribution in [2.45, 2.75) is 25.2 Å². The molecule has 0 atom stereocenters. The molecule has 0 spiro atoms. The van der Waals surface area contributed by atoms with E-state index in [0.29, 0.717) is 36.8 Å². The lowest BCUT2D eigenvalue weighted by Gasteiger charge is -2.37. The first-order valence-corrected chi connectivity index (χ1v) is 8.80. The maximum atomic E-state index is 13.3. The van der Waals surface area contributed by atoms with E-state index in [0.717, 1.165) is 11.1 Å². The molecule has 5 nitrogen and oxygen atoms in total. The van der Waals surface area contributed by atoms with Crippen molar-refractivity contribution in [1.29, 1.82) is 0 Å². The molecule has 1 fully saturated rings. The molecule has 2 N–H and O–H groups in total. The van der Waals surface area contributed by atoms with Crippen molar-refractivity contribution in [3.8, 4) is 0 Å². The molecule has 26 heavy (non-hydrogen) atoms. The Morgan fingerprint density at radius 3 is 2.50 bits per heavy atom. The Balaban J connectivity index is 1.99. The smallest absolute Gasteiger partial charge is 0.335 e. The second kappa shape index (κ2) is 7.48. The fraction of sp³-hybridized carbons (Fsp3) is 0.300. The monoisotopic (exact) mass is 373 g/mol. The van der Waals surface area contributed by atoms with Gasteiger partial charge < -0.3 is 15.2 Å². The Hall–Kier alpha value is -2.37. The Morgan fingerprint density at radius 2 is 1.85 bits per heavy atom. The van der Waals surface area contributed by atoms with Gasteiger partial charge in [-0.05, 0) is 49.1 Å².